The van der Waals surface area contributed by atoms with Gasteiger partial charge in [0.05, 0.1) is 13.1 Å². The summed E-state index contributed by atoms with van der Waals surface area (Å²) in [4.78, 5) is 2.31. The molecular weight excluding hydrogens is 184 g/mol. The Balaban J connectivity index is 2.20. The lowest BCUT2D eigenvalue weighted by atomic mass is 10.2. The Morgan fingerprint density at radius 3 is 3.00 bits per heavy atom. The molecule has 78 valence electrons. The third kappa shape index (κ3) is 2.56. The Bertz CT molecular complexity index is 404. The van der Waals surface area contributed by atoms with Crippen LogP contribution in [0.3, 0.4) is 0 Å². The van der Waals surface area contributed by atoms with Crippen LogP contribution in [0.2, 0.25) is 0 Å². The van der Waals surface area contributed by atoms with Crippen LogP contribution < -0.4 is 0 Å². The summed E-state index contributed by atoms with van der Waals surface area (Å²) in [6.45, 7) is 5.29. The van der Waals surface area contributed by atoms with Crippen molar-refractivity contribution in [2.75, 3.05) is 26.7 Å². The molecule has 15 heavy (non-hydrogen) atoms. The van der Waals surface area contributed by atoms with Crippen molar-refractivity contribution in [1.82, 2.24) is 4.90 Å². The predicted octanol–water partition coefficient (Wildman–Crippen LogP) is 1.57. The van der Waals surface area contributed by atoms with Crippen LogP contribution in [-0.4, -0.2) is 42.4 Å². The molecule has 0 aromatic rings. The summed E-state index contributed by atoms with van der Waals surface area (Å²) in [5.41, 5.74) is 5.73. The van der Waals surface area contributed by atoms with E-state index >= 15 is 0 Å². The van der Waals surface area contributed by atoms with Gasteiger partial charge in [0.25, 0.3) is 0 Å². The molecule has 0 bridgehead atoms. The molecule has 0 aromatic carbocycles. The van der Waals surface area contributed by atoms with Crippen molar-refractivity contribution in [2.45, 2.75) is 6.92 Å². The van der Waals surface area contributed by atoms with E-state index < -0.39 is 0 Å². The van der Waals surface area contributed by atoms with Crippen LogP contribution in [0.15, 0.2) is 41.3 Å². The summed E-state index contributed by atoms with van der Waals surface area (Å²) in [6.07, 6.45) is 10.6. The zero-order valence-corrected chi connectivity index (χ0v) is 9.40. The molecule has 0 spiro atoms. The smallest absolute Gasteiger partial charge is 0.248 e. The Labute approximate surface area is 91.2 Å². The van der Waals surface area contributed by atoms with Gasteiger partial charge in [-0.2, -0.15) is 4.58 Å². The zero-order valence-electron chi connectivity index (χ0n) is 9.40. The summed E-state index contributed by atoms with van der Waals surface area (Å²) in [6, 6.07) is 0. The fourth-order valence-electron chi connectivity index (χ4n) is 1.67. The Morgan fingerprint density at radius 1 is 1.40 bits per heavy atom. The Hall–Kier alpha value is -1.37. The molecule has 0 N–H and O–H groups in total. The number of allylic oxidation sites excluding steroid dienone is 4. The van der Waals surface area contributed by atoms with E-state index in [0.717, 1.165) is 25.3 Å². The maximum Gasteiger partial charge on any atom is 0.248 e. The highest BCUT2D eigenvalue weighted by atomic mass is 15.2. The van der Waals surface area contributed by atoms with Gasteiger partial charge in [0, 0.05) is 6.08 Å². The monoisotopic (exact) mass is 201 g/mol. The van der Waals surface area contributed by atoms with Gasteiger partial charge in [0.2, 0.25) is 5.70 Å². The standard InChI is InChI=1S/C13H17N2/c1-12-4-3-5-13(7-6-12)15-10-8-14(2)9-11-15/h3-4,6-7,10H,8-9,11H2,1-2H3/q+1. The normalized spacial score (nSPS) is 21.9. The number of nitrogens with zero attached hydrogens (tertiary/aromatic N) is 2. The van der Waals surface area contributed by atoms with E-state index in [2.05, 4.69) is 53.6 Å². The maximum absolute atomic E-state index is 3.30. The minimum absolute atomic E-state index is 1.02. The van der Waals surface area contributed by atoms with Gasteiger partial charge in [0.15, 0.2) is 12.8 Å². The first-order valence-electron chi connectivity index (χ1n) is 5.36. The van der Waals surface area contributed by atoms with E-state index in [1.54, 1.807) is 0 Å². The average Bonchev–Trinajstić information content (AvgIpc) is 2.44. The summed E-state index contributed by atoms with van der Waals surface area (Å²) in [5, 5.41) is 0. The van der Waals surface area contributed by atoms with Crippen molar-refractivity contribution in [3.05, 3.63) is 41.3 Å². The van der Waals surface area contributed by atoms with Gasteiger partial charge < -0.3 is 0 Å². The highest BCUT2D eigenvalue weighted by Gasteiger charge is 2.16. The van der Waals surface area contributed by atoms with Gasteiger partial charge in [-0.1, -0.05) is 17.7 Å². The van der Waals surface area contributed by atoms with Crippen molar-refractivity contribution < 1.29 is 4.58 Å². The fourth-order valence-corrected chi connectivity index (χ4v) is 1.67. The van der Waals surface area contributed by atoms with Crippen LogP contribution in [0.1, 0.15) is 6.92 Å². The van der Waals surface area contributed by atoms with Gasteiger partial charge in [-0.05, 0) is 25.8 Å². The molecule has 0 saturated carbocycles. The lowest BCUT2D eigenvalue weighted by Crippen LogP contribution is -2.36. The molecule has 1 heterocycles. The van der Waals surface area contributed by atoms with Gasteiger partial charge >= 0.3 is 0 Å². The number of hydrogen-bond acceptors (Lipinski definition) is 1. The summed E-state index contributed by atoms with van der Waals surface area (Å²) in [5.74, 6) is 0. The van der Waals surface area contributed by atoms with Crippen molar-refractivity contribution in [1.29, 1.82) is 0 Å². The van der Waals surface area contributed by atoms with Crippen molar-refractivity contribution in [3.8, 4) is 0 Å². The van der Waals surface area contributed by atoms with Gasteiger partial charge in [-0.3, -0.25) is 4.90 Å². The van der Waals surface area contributed by atoms with E-state index in [0.29, 0.717) is 0 Å². The van der Waals surface area contributed by atoms with E-state index in [1.165, 1.54) is 5.57 Å². The number of rotatable bonds is 1. The van der Waals surface area contributed by atoms with E-state index in [-0.39, 0.29) is 0 Å². The molecule has 0 amide bonds. The lowest BCUT2D eigenvalue weighted by molar-refractivity contribution is -0.473. The molecule has 0 saturated heterocycles. The van der Waals surface area contributed by atoms with Crippen LogP contribution >= 0.6 is 0 Å². The zero-order chi connectivity index (χ0) is 10.7. The minimum Gasteiger partial charge on any atom is -0.291 e. The van der Waals surface area contributed by atoms with E-state index in [9.17, 15) is 0 Å². The second-order valence-electron chi connectivity index (χ2n) is 4.08. The molecule has 1 aliphatic carbocycles. The lowest BCUT2D eigenvalue weighted by Gasteiger charge is -2.16. The first-order chi connectivity index (χ1) is 7.25. The second-order valence-corrected chi connectivity index (χ2v) is 4.08. The van der Waals surface area contributed by atoms with Gasteiger partial charge in [-0.25, -0.2) is 0 Å². The van der Waals surface area contributed by atoms with Gasteiger partial charge in [0.1, 0.15) is 0 Å². The summed E-state index contributed by atoms with van der Waals surface area (Å²) in [7, 11) is 2.15. The predicted molar refractivity (Wildman–Crippen MR) is 63.2 cm³/mol. The maximum atomic E-state index is 3.30. The number of likely N-dealkylation sites (N-methyl/N-ethyl adjacent to an activating group) is 1. The highest BCUT2D eigenvalue weighted by Crippen LogP contribution is 2.07. The van der Waals surface area contributed by atoms with Crippen molar-refractivity contribution in [3.63, 3.8) is 0 Å². The van der Waals surface area contributed by atoms with Crippen molar-refractivity contribution in [2.24, 2.45) is 0 Å². The first-order valence-corrected chi connectivity index (χ1v) is 5.36. The Morgan fingerprint density at radius 2 is 2.27 bits per heavy atom. The molecule has 0 aromatic heterocycles. The van der Waals surface area contributed by atoms with Crippen LogP contribution in [0.4, 0.5) is 0 Å². The molecule has 2 aliphatic rings. The summed E-state index contributed by atoms with van der Waals surface area (Å²) >= 11 is 0. The van der Waals surface area contributed by atoms with Crippen LogP contribution in [0.5, 0.6) is 0 Å². The number of hydrogen-bond donors (Lipinski definition) is 0. The van der Waals surface area contributed by atoms with Gasteiger partial charge in [-0.15, -0.1) is 0 Å². The third-order valence-corrected chi connectivity index (χ3v) is 2.73. The largest absolute Gasteiger partial charge is 0.291 e. The molecule has 0 unspecified atom stereocenters. The average molecular weight is 201 g/mol. The minimum atomic E-state index is 1.02. The molecule has 2 rings (SSSR count). The molecule has 2 heteroatoms. The third-order valence-electron chi connectivity index (χ3n) is 2.73. The molecule has 2 nitrogen and oxygen atoms in total. The molecule has 0 radical (unpaired) electrons. The molecule has 1 aliphatic heterocycles. The Kier molecular flexibility index (Phi) is 3.00. The fraction of sp³-hybridized carbons (Fsp3) is 0.385. The first kappa shape index (κ1) is 10.2. The molecule has 0 atom stereocenters. The van der Waals surface area contributed by atoms with Crippen LogP contribution in [0, 0.1) is 0 Å². The highest BCUT2D eigenvalue weighted by molar-refractivity contribution is 5.55. The van der Waals surface area contributed by atoms with E-state index in [4.69, 9.17) is 0 Å². The second kappa shape index (κ2) is 4.43. The van der Waals surface area contributed by atoms with Crippen molar-refractivity contribution >= 4 is 6.21 Å². The summed E-state index contributed by atoms with van der Waals surface area (Å²) < 4.78 is 2.28. The quantitative estimate of drug-likeness (QED) is 0.461. The van der Waals surface area contributed by atoms with E-state index in [1.807, 2.05) is 6.08 Å². The molecular formula is C13H17N2+. The van der Waals surface area contributed by atoms with Crippen LogP contribution in [0.25, 0.3) is 0 Å². The SMILES string of the molecule is CC1=CC=C=C([N+]2=CCN(C)CC2)C=C1. The molecule has 0 fully saturated rings. The van der Waals surface area contributed by atoms with Crippen LogP contribution in [-0.2, 0) is 0 Å². The topological polar surface area (TPSA) is 6.25 Å².